The third-order valence-electron chi connectivity index (χ3n) is 5.19. The Bertz CT molecular complexity index is 891. The summed E-state index contributed by atoms with van der Waals surface area (Å²) in [6, 6.07) is 29.2. The van der Waals surface area contributed by atoms with Gasteiger partial charge in [-0.1, -0.05) is 91.0 Å². The van der Waals surface area contributed by atoms with Crippen LogP contribution in [0.4, 0.5) is 4.39 Å². The summed E-state index contributed by atoms with van der Waals surface area (Å²) in [4.78, 5) is 0. The van der Waals surface area contributed by atoms with Gasteiger partial charge in [-0.05, 0) is 16.7 Å². The van der Waals surface area contributed by atoms with Crippen molar-refractivity contribution in [1.29, 1.82) is 0 Å². The van der Waals surface area contributed by atoms with E-state index in [1.807, 2.05) is 91.0 Å². The van der Waals surface area contributed by atoms with Gasteiger partial charge in [-0.15, -0.1) is 0 Å². The van der Waals surface area contributed by atoms with Gasteiger partial charge in [-0.25, -0.2) is 4.39 Å². The van der Waals surface area contributed by atoms with E-state index in [0.717, 1.165) is 16.7 Å². The average Bonchev–Trinajstić information content (AvgIpc) is 3.12. The zero-order chi connectivity index (χ0) is 21.3. The molecule has 1 heterocycles. The van der Waals surface area contributed by atoms with E-state index < -0.39 is 24.7 Å². The van der Waals surface area contributed by atoms with Crippen molar-refractivity contribution in [1.82, 2.24) is 0 Å². The molecule has 3 aromatic carbocycles. The smallest absolute Gasteiger partial charge is 0.192 e. The number of halogens is 1. The first kappa shape index (κ1) is 21.7. The summed E-state index contributed by atoms with van der Waals surface area (Å²) in [7, 11) is 0. The van der Waals surface area contributed by atoms with Gasteiger partial charge in [-0.3, -0.25) is 0 Å². The fraction of sp³-hybridized carbons (Fsp3) is 0.308. The van der Waals surface area contributed by atoms with Crippen molar-refractivity contribution in [3.05, 3.63) is 108 Å². The Morgan fingerprint density at radius 2 is 1.13 bits per heavy atom. The van der Waals surface area contributed by atoms with E-state index in [9.17, 15) is 0 Å². The molecule has 0 bridgehead atoms. The van der Waals surface area contributed by atoms with Crippen LogP contribution in [-0.4, -0.2) is 31.3 Å². The van der Waals surface area contributed by atoms with E-state index in [4.69, 9.17) is 18.9 Å². The van der Waals surface area contributed by atoms with Crippen molar-refractivity contribution >= 4 is 0 Å². The minimum Gasteiger partial charge on any atom is -0.374 e. The first-order valence-electron chi connectivity index (χ1n) is 10.5. The van der Waals surface area contributed by atoms with Crippen LogP contribution in [0.3, 0.4) is 0 Å². The minimum absolute atomic E-state index is 0.222. The maximum atomic E-state index is 15.2. The zero-order valence-corrected chi connectivity index (χ0v) is 17.3. The van der Waals surface area contributed by atoms with Gasteiger partial charge in [0, 0.05) is 0 Å². The van der Waals surface area contributed by atoms with Crippen LogP contribution in [0.5, 0.6) is 0 Å². The molecule has 1 fully saturated rings. The van der Waals surface area contributed by atoms with Gasteiger partial charge in [0.15, 0.2) is 12.5 Å². The fourth-order valence-corrected chi connectivity index (χ4v) is 3.54. The number of rotatable bonds is 10. The highest BCUT2D eigenvalue weighted by atomic mass is 19.1. The van der Waals surface area contributed by atoms with Crippen molar-refractivity contribution in [2.45, 2.75) is 44.5 Å². The average molecular weight is 422 g/mol. The van der Waals surface area contributed by atoms with Crippen LogP contribution in [0.1, 0.15) is 16.7 Å². The topological polar surface area (TPSA) is 36.9 Å². The van der Waals surface area contributed by atoms with E-state index >= 15 is 4.39 Å². The lowest BCUT2D eigenvalue weighted by Gasteiger charge is -2.20. The SMILES string of the molecule is F[C@H]1[C@H](OCc2ccccc2)O[C@@H](COCc2ccccc2)[C@@H]1OCc1ccccc1. The highest BCUT2D eigenvalue weighted by Gasteiger charge is 2.46. The Balaban J connectivity index is 1.36. The van der Waals surface area contributed by atoms with E-state index in [0.29, 0.717) is 13.2 Å². The second-order valence-electron chi connectivity index (χ2n) is 7.55. The normalized spacial score (nSPS) is 23.1. The summed E-state index contributed by atoms with van der Waals surface area (Å²) in [5.74, 6) is 0. The minimum atomic E-state index is -1.40. The lowest BCUT2D eigenvalue weighted by molar-refractivity contribution is -0.168. The molecule has 0 spiro atoms. The molecule has 1 saturated heterocycles. The molecule has 4 nitrogen and oxygen atoms in total. The number of hydrogen-bond donors (Lipinski definition) is 0. The quantitative estimate of drug-likeness (QED) is 0.457. The first-order chi connectivity index (χ1) is 15.3. The van der Waals surface area contributed by atoms with E-state index in [-0.39, 0.29) is 13.2 Å². The van der Waals surface area contributed by atoms with Gasteiger partial charge >= 0.3 is 0 Å². The monoisotopic (exact) mass is 422 g/mol. The molecule has 0 amide bonds. The summed E-state index contributed by atoms with van der Waals surface area (Å²) in [5, 5.41) is 0. The van der Waals surface area contributed by atoms with Crippen LogP contribution in [0.25, 0.3) is 0 Å². The van der Waals surface area contributed by atoms with Gasteiger partial charge < -0.3 is 18.9 Å². The van der Waals surface area contributed by atoms with Crippen LogP contribution in [0, 0.1) is 0 Å². The molecule has 162 valence electrons. The molecule has 1 aliphatic heterocycles. The summed E-state index contributed by atoms with van der Waals surface area (Å²) < 4.78 is 38.6. The summed E-state index contributed by atoms with van der Waals surface area (Å²) >= 11 is 0. The molecule has 0 saturated carbocycles. The van der Waals surface area contributed by atoms with Crippen molar-refractivity contribution in [3.8, 4) is 0 Å². The third kappa shape index (κ3) is 6.21. The Morgan fingerprint density at radius 3 is 1.68 bits per heavy atom. The molecule has 1 aliphatic rings. The standard InChI is InChI=1S/C26H27FO4/c27-24-25(29-17-21-12-6-2-7-13-21)23(19-28-16-20-10-4-1-5-11-20)31-26(24)30-18-22-14-8-3-9-15-22/h1-15,23-26H,16-19H2/t23-,24+,25-,26+/m0/s1. The molecular weight excluding hydrogens is 395 g/mol. The van der Waals surface area contributed by atoms with Gasteiger partial charge in [0.25, 0.3) is 0 Å². The van der Waals surface area contributed by atoms with Crippen LogP contribution < -0.4 is 0 Å². The van der Waals surface area contributed by atoms with Gasteiger partial charge in [0.2, 0.25) is 0 Å². The predicted octanol–water partition coefficient (Wildman–Crippen LogP) is 5.07. The van der Waals surface area contributed by atoms with E-state index in [1.54, 1.807) is 0 Å². The van der Waals surface area contributed by atoms with Crippen molar-refractivity contribution < 1.29 is 23.3 Å². The molecule has 5 heteroatoms. The van der Waals surface area contributed by atoms with Crippen molar-refractivity contribution in [3.63, 3.8) is 0 Å². The van der Waals surface area contributed by atoms with Crippen LogP contribution in [0.2, 0.25) is 0 Å². The van der Waals surface area contributed by atoms with Crippen molar-refractivity contribution in [2.24, 2.45) is 0 Å². The second kappa shape index (κ2) is 11.2. The summed E-state index contributed by atoms with van der Waals surface area (Å²) in [6.07, 6.45) is -3.72. The predicted molar refractivity (Wildman–Crippen MR) is 116 cm³/mol. The number of ether oxygens (including phenoxy) is 4. The maximum absolute atomic E-state index is 15.2. The van der Waals surface area contributed by atoms with Crippen molar-refractivity contribution in [2.75, 3.05) is 6.61 Å². The third-order valence-corrected chi connectivity index (χ3v) is 5.19. The summed E-state index contributed by atoms with van der Waals surface area (Å²) in [5.41, 5.74) is 2.99. The molecular formula is C26H27FO4. The van der Waals surface area contributed by atoms with Gasteiger partial charge in [-0.2, -0.15) is 0 Å². The molecule has 0 radical (unpaired) electrons. The molecule has 4 rings (SSSR count). The Kier molecular flexibility index (Phi) is 7.80. The van der Waals surface area contributed by atoms with Gasteiger partial charge in [0.1, 0.15) is 12.2 Å². The molecule has 0 N–H and O–H groups in total. The Morgan fingerprint density at radius 1 is 0.645 bits per heavy atom. The van der Waals surface area contributed by atoms with Crippen LogP contribution in [-0.2, 0) is 38.8 Å². The lowest BCUT2D eigenvalue weighted by atomic mass is 10.1. The molecule has 0 aromatic heterocycles. The lowest BCUT2D eigenvalue weighted by Crippen LogP contribution is -2.35. The summed E-state index contributed by atoms with van der Waals surface area (Å²) in [6.45, 7) is 1.23. The van der Waals surface area contributed by atoms with Crippen LogP contribution >= 0.6 is 0 Å². The molecule has 3 aromatic rings. The molecule has 0 unspecified atom stereocenters. The number of alkyl halides is 1. The van der Waals surface area contributed by atoms with Crippen LogP contribution in [0.15, 0.2) is 91.0 Å². The number of hydrogen-bond acceptors (Lipinski definition) is 4. The van der Waals surface area contributed by atoms with Gasteiger partial charge in [0.05, 0.1) is 26.4 Å². The fourth-order valence-electron chi connectivity index (χ4n) is 3.54. The Hall–Kier alpha value is -2.57. The van der Waals surface area contributed by atoms with E-state index in [1.165, 1.54) is 0 Å². The largest absolute Gasteiger partial charge is 0.374 e. The zero-order valence-electron chi connectivity index (χ0n) is 17.3. The molecule has 0 aliphatic carbocycles. The highest BCUT2D eigenvalue weighted by molar-refractivity contribution is 5.15. The number of benzene rings is 3. The Labute approximate surface area is 182 Å². The van der Waals surface area contributed by atoms with E-state index in [2.05, 4.69) is 0 Å². The maximum Gasteiger partial charge on any atom is 0.192 e. The second-order valence-corrected chi connectivity index (χ2v) is 7.55. The molecule has 4 atom stereocenters. The highest BCUT2D eigenvalue weighted by Crippen LogP contribution is 2.29. The first-order valence-corrected chi connectivity index (χ1v) is 10.5. The molecule has 31 heavy (non-hydrogen) atoms.